The van der Waals surface area contributed by atoms with Gasteiger partial charge in [-0.05, 0) is 89.9 Å². The number of allylic oxidation sites excluding steroid dienone is 15. The van der Waals surface area contributed by atoms with Crippen molar-refractivity contribution < 1.29 is 15.0 Å². The second kappa shape index (κ2) is 46.7. The molecule has 0 rings (SSSR count). The Balaban J connectivity index is 3.56. The minimum Gasteiger partial charge on any atom is -0.394 e. The van der Waals surface area contributed by atoms with Gasteiger partial charge in [0.25, 0.3) is 0 Å². The number of aliphatic hydroxyl groups is 2. The largest absolute Gasteiger partial charge is 0.394 e. The lowest BCUT2D eigenvalue weighted by Gasteiger charge is -2.19. The van der Waals surface area contributed by atoms with Crippen molar-refractivity contribution in [2.75, 3.05) is 6.61 Å². The lowest BCUT2D eigenvalue weighted by molar-refractivity contribution is -0.123. The summed E-state index contributed by atoms with van der Waals surface area (Å²) in [4.78, 5) is 12.4. The fourth-order valence-corrected chi connectivity index (χ4v) is 6.47. The monoisotopic (exact) mass is 776 g/mol. The Morgan fingerprint density at radius 1 is 0.446 bits per heavy atom. The second-order valence-corrected chi connectivity index (χ2v) is 15.4. The number of hydrogen-bond acceptors (Lipinski definition) is 3. The zero-order valence-corrected chi connectivity index (χ0v) is 36.6. The number of carbonyl (C=O) groups excluding carboxylic acids is 1. The fraction of sp³-hybridized carbons (Fsp3) is 0.673. The van der Waals surface area contributed by atoms with Gasteiger partial charge in [-0.15, -0.1) is 0 Å². The van der Waals surface area contributed by atoms with E-state index in [0.29, 0.717) is 6.42 Å². The quantitative estimate of drug-likeness (QED) is 0.0428. The first-order valence-electron chi connectivity index (χ1n) is 23.5. The van der Waals surface area contributed by atoms with Crippen molar-refractivity contribution in [1.82, 2.24) is 5.32 Å². The Kier molecular flexibility index (Phi) is 44.4. The van der Waals surface area contributed by atoms with Crippen LogP contribution in [0.5, 0.6) is 0 Å². The Labute approximate surface area is 347 Å². The normalized spacial score (nSPS) is 13.9. The number of hydrogen-bond donors (Lipinski definition) is 3. The van der Waals surface area contributed by atoms with Gasteiger partial charge in [-0.25, -0.2) is 0 Å². The first kappa shape index (κ1) is 53.3. The van der Waals surface area contributed by atoms with Crippen molar-refractivity contribution in [3.8, 4) is 0 Å². The summed E-state index contributed by atoms with van der Waals surface area (Å²) in [7, 11) is 0. The summed E-state index contributed by atoms with van der Waals surface area (Å²) in [6.45, 7) is 4.13. The third-order valence-electron chi connectivity index (χ3n) is 10.0. The van der Waals surface area contributed by atoms with Crippen LogP contribution in [0.4, 0.5) is 0 Å². The van der Waals surface area contributed by atoms with E-state index in [1.807, 2.05) is 6.08 Å². The summed E-state index contributed by atoms with van der Waals surface area (Å²) in [5, 5.41) is 23.0. The van der Waals surface area contributed by atoms with Crippen molar-refractivity contribution in [2.24, 2.45) is 0 Å². The molecule has 2 atom stereocenters. The summed E-state index contributed by atoms with van der Waals surface area (Å²) < 4.78 is 0. The molecule has 4 heteroatoms. The molecule has 1 amide bonds. The van der Waals surface area contributed by atoms with Gasteiger partial charge in [-0.3, -0.25) is 4.79 Å². The van der Waals surface area contributed by atoms with E-state index in [1.165, 1.54) is 116 Å². The highest BCUT2D eigenvalue weighted by atomic mass is 16.3. The molecule has 0 bridgehead atoms. The van der Waals surface area contributed by atoms with Crippen molar-refractivity contribution >= 4 is 5.91 Å². The molecule has 56 heavy (non-hydrogen) atoms. The van der Waals surface area contributed by atoms with Crippen LogP contribution in [-0.2, 0) is 4.79 Å². The van der Waals surface area contributed by atoms with Gasteiger partial charge in [0.2, 0.25) is 5.91 Å². The minimum absolute atomic E-state index is 0.0832. The number of unbranched alkanes of at least 4 members (excludes halogenated alkanes) is 20. The number of rotatable bonds is 41. The highest BCUT2D eigenvalue weighted by molar-refractivity contribution is 5.76. The van der Waals surface area contributed by atoms with Crippen LogP contribution in [0.2, 0.25) is 0 Å². The first-order chi connectivity index (χ1) is 27.7. The van der Waals surface area contributed by atoms with Crippen LogP contribution in [-0.4, -0.2) is 34.9 Å². The highest BCUT2D eigenvalue weighted by Gasteiger charge is 2.17. The molecule has 2 unspecified atom stereocenters. The third kappa shape index (κ3) is 42.5. The SMILES string of the molecule is CC/C=C\C/C=C\C/C=C\C/C=C\C/C=C\CCCCCCCCCCCCCCCCCC(=O)NC(CO)C(O)/C=C/CC/C=C/CC/C=C/CCCCC. The first-order valence-corrected chi connectivity index (χ1v) is 23.5. The molecule has 0 saturated heterocycles. The molecule has 0 fully saturated rings. The number of aliphatic hydroxyl groups excluding tert-OH is 2. The van der Waals surface area contributed by atoms with Crippen molar-refractivity contribution in [3.05, 3.63) is 97.2 Å². The van der Waals surface area contributed by atoms with Crippen molar-refractivity contribution in [1.29, 1.82) is 0 Å². The lowest BCUT2D eigenvalue weighted by atomic mass is 10.0. The van der Waals surface area contributed by atoms with Crippen LogP contribution in [0.15, 0.2) is 97.2 Å². The molecule has 320 valence electrons. The molecule has 0 saturated carbocycles. The maximum absolute atomic E-state index is 12.4. The Hall–Kier alpha value is -2.69. The average Bonchev–Trinajstić information content (AvgIpc) is 3.20. The fourth-order valence-electron chi connectivity index (χ4n) is 6.47. The molecule has 0 heterocycles. The van der Waals surface area contributed by atoms with E-state index < -0.39 is 12.1 Å². The van der Waals surface area contributed by atoms with E-state index in [-0.39, 0.29) is 12.5 Å². The van der Waals surface area contributed by atoms with Gasteiger partial charge in [0.1, 0.15) is 0 Å². The zero-order chi connectivity index (χ0) is 40.7. The van der Waals surface area contributed by atoms with Crippen LogP contribution in [0.3, 0.4) is 0 Å². The van der Waals surface area contributed by atoms with Crippen LogP contribution in [0, 0.1) is 0 Å². The molecule has 0 aromatic rings. The van der Waals surface area contributed by atoms with E-state index in [0.717, 1.165) is 70.6 Å². The number of amides is 1. The summed E-state index contributed by atoms with van der Waals surface area (Å²) in [5.41, 5.74) is 0. The Morgan fingerprint density at radius 2 is 0.804 bits per heavy atom. The van der Waals surface area contributed by atoms with Crippen molar-refractivity contribution in [3.63, 3.8) is 0 Å². The third-order valence-corrected chi connectivity index (χ3v) is 10.0. The van der Waals surface area contributed by atoms with Gasteiger partial charge >= 0.3 is 0 Å². The molecule has 0 aromatic carbocycles. The maximum atomic E-state index is 12.4. The molecule has 0 aliphatic heterocycles. The van der Waals surface area contributed by atoms with E-state index >= 15 is 0 Å². The molecular weight excluding hydrogens is 687 g/mol. The van der Waals surface area contributed by atoms with Gasteiger partial charge in [0.15, 0.2) is 0 Å². The standard InChI is InChI=1S/C52H89NO3/c1-3-5-7-9-11-13-15-17-18-19-20-21-22-23-24-25-26-27-28-29-30-31-32-33-34-36-38-40-42-44-46-48-52(56)53-50(49-54)51(55)47-45-43-41-39-37-35-16-14-12-10-8-6-4-2/h5,7,11-14,17-18,20-21,23-24,37,39,45,47,50-51,54-55H,3-4,6,8-10,15-16,19,22,25-36,38,40-44,46,48-49H2,1-2H3,(H,53,56)/b7-5-,13-11-,14-12+,18-17-,21-20-,24-23-,39-37+,47-45+. The topological polar surface area (TPSA) is 69.6 Å². The van der Waals surface area contributed by atoms with Gasteiger partial charge in [0, 0.05) is 6.42 Å². The van der Waals surface area contributed by atoms with E-state index in [9.17, 15) is 15.0 Å². The molecule has 3 N–H and O–H groups in total. The highest BCUT2D eigenvalue weighted by Crippen LogP contribution is 2.14. The summed E-state index contributed by atoms with van der Waals surface area (Å²) in [6.07, 6.45) is 69.6. The maximum Gasteiger partial charge on any atom is 0.220 e. The Bertz CT molecular complexity index is 1060. The van der Waals surface area contributed by atoms with Gasteiger partial charge in [-0.1, -0.05) is 207 Å². The van der Waals surface area contributed by atoms with Gasteiger partial charge in [0.05, 0.1) is 18.8 Å². The van der Waals surface area contributed by atoms with E-state index in [4.69, 9.17) is 0 Å². The lowest BCUT2D eigenvalue weighted by Crippen LogP contribution is -2.45. The molecule has 0 spiro atoms. The van der Waals surface area contributed by atoms with Crippen LogP contribution in [0.1, 0.15) is 206 Å². The molecule has 0 radical (unpaired) electrons. The molecule has 0 aliphatic carbocycles. The van der Waals surface area contributed by atoms with E-state index in [1.54, 1.807) is 6.08 Å². The number of carbonyl (C=O) groups is 1. The summed E-state index contributed by atoms with van der Waals surface area (Å²) in [6, 6.07) is -0.649. The second-order valence-electron chi connectivity index (χ2n) is 15.4. The Morgan fingerprint density at radius 3 is 1.25 bits per heavy atom. The summed E-state index contributed by atoms with van der Waals surface area (Å²) in [5.74, 6) is -0.0832. The van der Waals surface area contributed by atoms with Crippen LogP contribution in [0.25, 0.3) is 0 Å². The summed E-state index contributed by atoms with van der Waals surface area (Å²) >= 11 is 0. The van der Waals surface area contributed by atoms with Crippen LogP contribution < -0.4 is 5.32 Å². The predicted molar refractivity (Wildman–Crippen MR) is 248 cm³/mol. The van der Waals surface area contributed by atoms with Gasteiger partial charge in [-0.2, -0.15) is 0 Å². The average molecular weight is 776 g/mol. The van der Waals surface area contributed by atoms with Crippen LogP contribution >= 0.6 is 0 Å². The molecule has 0 aliphatic rings. The van der Waals surface area contributed by atoms with E-state index in [2.05, 4.69) is 104 Å². The van der Waals surface area contributed by atoms with Gasteiger partial charge < -0.3 is 15.5 Å². The van der Waals surface area contributed by atoms with Crippen molar-refractivity contribution in [2.45, 2.75) is 219 Å². The molecular formula is C52H89NO3. The molecule has 0 aromatic heterocycles. The smallest absolute Gasteiger partial charge is 0.220 e. The predicted octanol–water partition coefficient (Wildman–Crippen LogP) is 15.0. The zero-order valence-electron chi connectivity index (χ0n) is 36.6. The number of nitrogens with one attached hydrogen (secondary N) is 1. The minimum atomic E-state index is -0.873. The molecule has 4 nitrogen and oxygen atoms in total.